The Morgan fingerprint density at radius 3 is 2.67 bits per heavy atom. The number of rotatable bonds is 6. The minimum Gasteiger partial charge on any atom is -0.352 e. The van der Waals surface area contributed by atoms with E-state index in [0.29, 0.717) is 13.0 Å². The van der Waals surface area contributed by atoms with Crippen LogP contribution in [-0.2, 0) is 11.3 Å². The van der Waals surface area contributed by atoms with Crippen LogP contribution in [-0.4, -0.2) is 19.0 Å². The highest BCUT2D eigenvalue weighted by atomic mass is 16.1. The molecule has 1 rings (SSSR count). The fraction of sp³-hybridized carbons (Fsp3) is 0.417. The van der Waals surface area contributed by atoms with E-state index in [1.54, 1.807) is 0 Å². The summed E-state index contributed by atoms with van der Waals surface area (Å²) in [5.41, 5.74) is 1.13. The summed E-state index contributed by atoms with van der Waals surface area (Å²) in [6.07, 6.45) is 0.542. The summed E-state index contributed by atoms with van der Waals surface area (Å²) < 4.78 is 0. The molecular formula is C12H18N2O. The second kappa shape index (κ2) is 7.01. The van der Waals surface area contributed by atoms with Crippen molar-refractivity contribution in [3.05, 3.63) is 35.9 Å². The van der Waals surface area contributed by atoms with Crippen LogP contribution in [0.2, 0.25) is 0 Å². The molecule has 82 valence electrons. The van der Waals surface area contributed by atoms with Gasteiger partial charge in [0.15, 0.2) is 0 Å². The summed E-state index contributed by atoms with van der Waals surface area (Å²) in [6.45, 7) is 4.30. The summed E-state index contributed by atoms with van der Waals surface area (Å²) in [7, 11) is 0. The van der Waals surface area contributed by atoms with Gasteiger partial charge >= 0.3 is 0 Å². The fourth-order valence-electron chi connectivity index (χ4n) is 1.26. The van der Waals surface area contributed by atoms with Crippen molar-refractivity contribution in [2.75, 3.05) is 13.1 Å². The normalized spacial score (nSPS) is 9.93. The van der Waals surface area contributed by atoms with Gasteiger partial charge in [-0.25, -0.2) is 0 Å². The molecule has 0 heterocycles. The Kier molecular flexibility index (Phi) is 5.48. The van der Waals surface area contributed by atoms with E-state index in [9.17, 15) is 4.79 Å². The number of hydrogen-bond donors (Lipinski definition) is 2. The van der Waals surface area contributed by atoms with Gasteiger partial charge in [0, 0.05) is 19.5 Å². The van der Waals surface area contributed by atoms with E-state index in [1.807, 2.05) is 37.3 Å². The average molecular weight is 206 g/mol. The molecule has 0 atom stereocenters. The van der Waals surface area contributed by atoms with Crippen LogP contribution in [0.5, 0.6) is 0 Å². The molecule has 0 aromatic heterocycles. The smallest absolute Gasteiger partial charge is 0.221 e. The van der Waals surface area contributed by atoms with Gasteiger partial charge in [-0.1, -0.05) is 37.3 Å². The van der Waals surface area contributed by atoms with E-state index in [-0.39, 0.29) is 5.91 Å². The van der Waals surface area contributed by atoms with E-state index in [0.717, 1.165) is 18.7 Å². The zero-order valence-electron chi connectivity index (χ0n) is 9.12. The van der Waals surface area contributed by atoms with Crippen LogP contribution in [0.4, 0.5) is 0 Å². The Bertz CT molecular complexity index is 285. The molecule has 0 radical (unpaired) electrons. The van der Waals surface area contributed by atoms with E-state index >= 15 is 0 Å². The molecule has 0 aliphatic rings. The molecule has 15 heavy (non-hydrogen) atoms. The predicted octanol–water partition coefficient (Wildman–Crippen LogP) is 1.30. The molecule has 0 fully saturated rings. The van der Waals surface area contributed by atoms with Gasteiger partial charge in [0.2, 0.25) is 5.91 Å². The molecule has 2 N–H and O–H groups in total. The summed E-state index contributed by atoms with van der Waals surface area (Å²) in [5, 5.41) is 6.00. The lowest BCUT2D eigenvalue weighted by Crippen LogP contribution is -2.27. The molecule has 0 aliphatic carbocycles. The molecule has 1 aromatic carbocycles. The van der Waals surface area contributed by atoms with Crippen molar-refractivity contribution in [3.8, 4) is 0 Å². The van der Waals surface area contributed by atoms with Gasteiger partial charge in [-0.3, -0.25) is 4.79 Å². The third-order valence-corrected chi connectivity index (χ3v) is 2.11. The van der Waals surface area contributed by atoms with E-state index in [2.05, 4.69) is 10.6 Å². The van der Waals surface area contributed by atoms with Crippen LogP contribution in [0.15, 0.2) is 30.3 Å². The molecule has 0 bridgehead atoms. The van der Waals surface area contributed by atoms with E-state index in [1.165, 1.54) is 0 Å². The first-order valence-corrected chi connectivity index (χ1v) is 5.34. The third-order valence-electron chi connectivity index (χ3n) is 2.11. The molecule has 0 saturated heterocycles. The first-order valence-electron chi connectivity index (χ1n) is 5.34. The average Bonchev–Trinajstić information content (AvgIpc) is 2.28. The standard InChI is InChI=1S/C12H18N2O/c1-2-13-9-8-12(15)14-10-11-6-4-3-5-7-11/h3-7,13H,2,8-10H2,1H3,(H,14,15). The monoisotopic (exact) mass is 206 g/mol. The van der Waals surface area contributed by atoms with E-state index in [4.69, 9.17) is 0 Å². The molecule has 0 spiro atoms. The fourth-order valence-corrected chi connectivity index (χ4v) is 1.26. The molecule has 0 aliphatic heterocycles. The Morgan fingerprint density at radius 2 is 2.00 bits per heavy atom. The third kappa shape index (κ3) is 5.18. The summed E-state index contributed by atoms with van der Waals surface area (Å²) in [4.78, 5) is 11.3. The maximum atomic E-state index is 11.3. The molecule has 0 saturated carbocycles. The largest absolute Gasteiger partial charge is 0.352 e. The number of amides is 1. The van der Waals surface area contributed by atoms with Crippen LogP contribution in [0.3, 0.4) is 0 Å². The van der Waals surface area contributed by atoms with Gasteiger partial charge in [0.25, 0.3) is 0 Å². The van der Waals surface area contributed by atoms with Gasteiger partial charge in [0.1, 0.15) is 0 Å². The SMILES string of the molecule is CCNCCC(=O)NCc1ccccc1. The summed E-state index contributed by atoms with van der Waals surface area (Å²) >= 11 is 0. The molecule has 1 aromatic rings. The second-order valence-corrected chi connectivity index (χ2v) is 3.37. The minimum absolute atomic E-state index is 0.0970. The number of carbonyl (C=O) groups excluding carboxylic acids is 1. The van der Waals surface area contributed by atoms with Gasteiger partial charge in [0.05, 0.1) is 0 Å². The zero-order chi connectivity index (χ0) is 10.9. The lowest BCUT2D eigenvalue weighted by molar-refractivity contribution is -0.121. The number of nitrogens with one attached hydrogen (secondary N) is 2. The van der Waals surface area contributed by atoms with Crippen molar-refractivity contribution in [2.45, 2.75) is 19.9 Å². The van der Waals surface area contributed by atoms with Crippen molar-refractivity contribution in [3.63, 3.8) is 0 Å². The quantitative estimate of drug-likeness (QED) is 0.689. The van der Waals surface area contributed by atoms with Crippen molar-refractivity contribution < 1.29 is 4.79 Å². The van der Waals surface area contributed by atoms with Gasteiger partial charge in [-0.2, -0.15) is 0 Å². The Hall–Kier alpha value is -1.35. The molecule has 3 nitrogen and oxygen atoms in total. The van der Waals surface area contributed by atoms with Crippen molar-refractivity contribution >= 4 is 5.91 Å². The topological polar surface area (TPSA) is 41.1 Å². The van der Waals surface area contributed by atoms with Gasteiger partial charge in [-0.15, -0.1) is 0 Å². The second-order valence-electron chi connectivity index (χ2n) is 3.37. The number of hydrogen-bond acceptors (Lipinski definition) is 2. The highest BCUT2D eigenvalue weighted by Gasteiger charge is 1.99. The van der Waals surface area contributed by atoms with Crippen LogP contribution in [0.1, 0.15) is 18.9 Å². The maximum absolute atomic E-state index is 11.3. The maximum Gasteiger partial charge on any atom is 0.221 e. The number of benzene rings is 1. The highest BCUT2D eigenvalue weighted by molar-refractivity contribution is 5.76. The first-order chi connectivity index (χ1) is 7.33. The van der Waals surface area contributed by atoms with E-state index < -0.39 is 0 Å². The van der Waals surface area contributed by atoms with Crippen molar-refractivity contribution in [2.24, 2.45) is 0 Å². The Labute approximate surface area is 90.9 Å². The zero-order valence-corrected chi connectivity index (χ0v) is 9.12. The van der Waals surface area contributed by atoms with Crippen molar-refractivity contribution in [1.29, 1.82) is 0 Å². The summed E-state index contributed by atoms with van der Waals surface area (Å²) in [6, 6.07) is 9.92. The molecule has 3 heteroatoms. The van der Waals surface area contributed by atoms with Crippen LogP contribution in [0.25, 0.3) is 0 Å². The van der Waals surface area contributed by atoms with Crippen LogP contribution in [0, 0.1) is 0 Å². The number of carbonyl (C=O) groups is 1. The van der Waals surface area contributed by atoms with Gasteiger partial charge in [-0.05, 0) is 12.1 Å². The lowest BCUT2D eigenvalue weighted by atomic mass is 10.2. The first kappa shape index (κ1) is 11.7. The Morgan fingerprint density at radius 1 is 1.27 bits per heavy atom. The van der Waals surface area contributed by atoms with Gasteiger partial charge < -0.3 is 10.6 Å². The Balaban J connectivity index is 2.17. The minimum atomic E-state index is 0.0970. The van der Waals surface area contributed by atoms with Crippen molar-refractivity contribution in [1.82, 2.24) is 10.6 Å². The molecular weight excluding hydrogens is 188 g/mol. The summed E-state index contributed by atoms with van der Waals surface area (Å²) in [5.74, 6) is 0.0970. The van der Waals surface area contributed by atoms with Crippen LogP contribution >= 0.6 is 0 Å². The highest BCUT2D eigenvalue weighted by Crippen LogP contribution is 1.97. The molecule has 1 amide bonds. The van der Waals surface area contributed by atoms with Crippen LogP contribution < -0.4 is 10.6 Å². The predicted molar refractivity (Wildman–Crippen MR) is 61.4 cm³/mol. The lowest BCUT2D eigenvalue weighted by Gasteiger charge is -2.05. The molecule has 0 unspecified atom stereocenters.